The number of ether oxygens (including phenoxy) is 1. The number of halogens is 2. The molecule has 7 nitrogen and oxygen atoms in total. The molecule has 34 heavy (non-hydrogen) atoms. The summed E-state index contributed by atoms with van der Waals surface area (Å²) < 4.78 is 20.9. The number of esters is 1. The van der Waals surface area contributed by atoms with E-state index in [1.165, 1.54) is 14.0 Å². The molecule has 0 aromatic heterocycles. The van der Waals surface area contributed by atoms with Crippen molar-refractivity contribution in [1.82, 2.24) is 0 Å². The molecule has 0 amide bonds. The fourth-order valence-corrected chi connectivity index (χ4v) is 8.88. The maximum atomic E-state index is 15.7. The molecule has 0 heterocycles. The number of rotatable bonds is 4. The number of alkyl halides is 2. The minimum atomic E-state index is -1.67. The van der Waals surface area contributed by atoms with Gasteiger partial charge in [0.2, 0.25) is 11.6 Å². The molecule has 0 aromatic rings. The van der Waals surface area contributed by atoms with Gasteiger partial charge < -0.3 is 14.9 Å². The van der Waals surface area contributed by atoms with Gasteiger partial charge in [-0.05, 0) is 73.8 Å². The maximum Gasteiger partial charge on any atom is 0.312 e. The minimum absolute atomic E-state index is 0.00226. The fraction of sp³-hybridized carbons (Fsp3) is 0.760. The number of carbonyl (C=O) groups is 4. The highest BCUT2D eigenvalue weighted by atomic mass is 35.5. The molecule has 1 unspecified atom stereocenters. The van der Waals surface area contributed by atoms with Crippen molar-refractivity contribution in [3.63, 3.8) is 0 Å². The predicted octanol–water partition coefficient (Wildman–Crippen LogP) is 3.25. The standard InChI is InChI=1S/C25H32ClFO7/c1-12-9-13-14-10-16(27)15-11-17(28)19(31)20(32)23(15,3)25(14,26)8-7-22(13,2)24(12,21(33)34-4)6-5-18(29)30/h11-14,16-17,28H,5-10H2,1-4H3,(H,29,30)/t12-,13+,14+,16+,17?,22+,23-,24-,25-/m1/s1. The number of carboxylic acids is 1. The van der Waals surface area contributed by atoms with Crippen molar-refractivity contribution in [3.05, 3.63) is 11.6 Å². The molecular weight excluding hydrogens is 467 g/mol. The molecule has 0 bridgehead atoms. The molecule has 9 atom stereocenters. The first-order valence-electron chi connectivity index (χ1n) is 11.8. The second-order valence-corrected chi connectivity index (χ2v) is 11.7. The lowest BCUT2D eigenvalue weighted by Crippen LogP contribution is -2.67. The molecule has 0 spiro atoms. The zero-order valence-electron chi connectivity index (χ0n) is 19.9. The van der Waals surface area contributed by atoms with Gasteiger partial charge in [0.05, 0.1) is 22.8 Å². The van der Waals surface area contributed by atoms with E-state index >= 15 is 4.39 Å². The lowest BCUT2D eigenvalue weighted by molar-refractivity contribution is -0.173. The molecule has 0 aliphatic heterocycles. The molecule has 3 saturated carbocycles. The molecule has 9 heteroatoms. The summed E-state index contributed by atoms with van der Waals surface area (Å²) in [6.07, 6.45) is -1.09. The molecule has 0 saturated heterocycles. The van der Waals surface area contributed by atoms with Gasteiger partial charge in [-0.15, -0.1) is 11.6 Å². The van der Waals surface area contributed by atoms with Crippen LogP contribution in [0.3, 0.4) is 0 Å². The van der Waals surface area contributed by atoms with Gasteiger partial charge in [0.1, 0.15) is 12.3 Å². The van der Waals surface area contributed by atoms with Crippen molar-refractivity contribution in [2.75, 3.05) is 7.11 Å². The lowest BCUT2D eigenvalue weighted by atomic mass is 9.43. The summed E-state index contributed by atoms with van der Waals surface area (Å²) >= 11 is 7.30. The number of ketones is 2. The van der Waals surface area contributed by atoms with E-state index in [2.05, 4.69) is 0 Å². The van der Waals surface area contributed by atoms with Crippen LogP contribution in [-0.2, 0) is 23.9 Å². The van der Waals surface area contributed by atoms with E-state index in [4.69, 9.17) is 16.3 Å². The SMILES string of the molecule is COC(=O)[C@@]1(CCC(=O)O)[C@H](C)C[C@H]2[C@@H]3C[C@H](F)C4=CC(O)C(=O)C(=O)[C@]4(C)[C@@]3(Cl)CC[C@@]21C. The zero-order valence-corrected chi connectivity index (χ0v) is 20.7. The van der Waals surface area contributed by atoms with Crippen LogP contribution in [0.4, 0.5) is 4.39 Å². The van der Waals surface area contributed by atoms with Gasteiger partial charge in [-0.2, -0.15) is 0 Å². The number of allylic oxidation sites excluding steroid dienone is 1. The number of aliphatic hydroxyl groups is 1. The van der Waals surface area contributed by atoms with Gasteiger partial charge in [0, 0.05) is 6.42 Å². The summed E-state index contributed by atoms with van der Waals surface area (Å²) in [7, 11) is 1.29. The van der Waals surface area contributed by atoms with E-state index in [1.54, 1.807) is 0 Å². The Morgan fingerprint density at radius 3 is 2.44 bits per heavy atom. The third-order valence-corrected chi connectivity index (χ3v) is 11.0. The summed E-state index contributed by atoms with van der Waals surface area (Å²) in [6, 6.07) is 0. The normalized spacial score (nSPS) is 47.9. The molecule has 188 valence electrons. The first-order valence-corrected chi connectivity index (χ1v) is 12.2. The Morgan fingerprint density at radius 2 is 1.85 bits per heavy atom. The first kappa shape index (κ1) is 25.3. The van der Waals surface area contributed by atoms with E-state index in [0.717, 1.165) is 6.08 Å². The summed E-state index contributed by atoms with van der Waals surface area (Å²) in [5, 5.41) is 19.4. The average molecular weight is 499 g/mol. The van der Waals surface area contributed by atoms with Crippen LogP contribution < -0.4 is 0 Å². The first-order chi connectivity index (χ1) is 15.7. The van der Waals surface area contributed by atoms with E-state index in [1.807, 2.05) is 13.8 Å². The molecular formula is C25H32ClFO7. The van der Waals surface area contributed by atoms with Crippen LogP contribution in [0, 0.1) is 34.0 Å². The fourth-order valence-electron chi connectivity index (χ4n) is 8.35. The third-order valence-electron chi connectivity index (χ3n) is 10.1. The van der Waals surface area contributed by atoms with Gasteiger partial charge in [-0.3, -0.25) is 19.2 Å². The van der Waals surface area contributed by atoms with Gasteiger partial charge >= 0.3 is 11.9 Å². The van der Waals surface area contributed by atoms with E-state index in [-0.39, 0.29) is 43.1 Å². The Kier molecular flexibility index (Phi) is 5.84. The topological polar surface area (TPSA) is 118 Å². The van der Waals surface area contributed by atoms with Gasteiger partial charge in [-0.1, -0.05) is 13.8 Å². The summed E-state index contributed by atoms with van der Waals surface area (Å²) in [5.41, 5.74) is -3.35. The number of methoxy groups -OCH3 is 1. The Bertz CT molecular complexity index is 996. The van der Waals surface area contributed by atoms with Crippen LogP contribution in [-0.4, -0.2) is 58.0 Å². The van der Waals surface area contributed by atoms with Crippen LogP contribution >= 0.6 is 11.6 Å². The van der Waals surface area contributed by atoms with E-state index < -0.39 is 62.8 Å². The Labute approximate surface area is 203 Å². The van der Waals surface area contributed by atoms with Crippen LogP contribution in [0.2, 0.25) is 0 Å². The van der Waals surface area contributed by atoms with Crippen molar-refractivity contribution in [2.24, 2.45) is 34.0 Å². The number of carboxylic acid groups (broad SMARTS) is 1. The summed E-state index contributed by atoms with van der Waals surface area (Å²) in [6.45, 7) is 5.34. The molecule has 4 aliphatic rings. The van der Waals surface area contributed by atoms with Crippen LogP contribution in [0.15, 0.2) is 11.6 Å². The number of Topliss-reactive ketones (excluding diaryl/α,β-unsaturated/α-hetero) is 2. The molecule has 4 aliphatic carbocycles. The molecule has 2 N–H and O–H groups in total. The number of aliphatic carboxylic acids is 1. The summed E-state index contributed by atoms with van der Waals surface area (Å²) in [4.78, 5) is 49.2. The Morgan fingerprint density at radius 1 is 1.21 bits per heavy atom. The lowest BCUT2D eigenvalue weighted by Gasteiger charge is -2.63. The van der Waals surface area contributed by atoms with Crippen molar-refractivity contribution in [3.8, 4) is 0 Å². The zero-order chi connectivity index (χ0) is 25.4. The quantitative estimate of drug-likeness (QED) is 0.264. The van der Waals surface area contributed by atoms with Crippen molar-refractivity contribution in [2.45, 2.75) is 76.4 Å². The van der Waals surface area contributed by atoms with Gasteiger partial charge in [0.25, 0.3) is 0 Å². The van der Waals surface area contributed by atoms with E-state index in [0.29, 0.717) is 12.8 Å². The molecule has 3 fully saturated rings. The van der Waals surface area contributed by atoms with Crippen molar-refractivity contribution < 1.29 is 38.5 Å². The van der Waals surface area contributed by atoms with Crippen LogP contribution in [0.1, 0.15) is 59.3 Å². The number of carbonyl (C=O) groups excluding carboxylic acids is 3. The number of hydrogen-bond acceptors (Lipinski definition) is 6. The van der Waals surface area contributed by atoms with Crippen LogP contribution in [0.25, 0.3) is 0 Å². The monoisotopic (exact) mass is 498 g/mol. The molecule has 4 rings (SSSR count). The minimum Gasteiger partial charge on any atom is -0.481 e. The highest BCUT2D eigenvalue weighted by molar-refractivity contribution is 6.45. The van der Waals surface area contributed by atoms with Crippen molar-refractivity contribution >= 4 is 35.1 Å². The highest BCUT2D eigenvalue weighted by Gasteiger charge is 2.75. The summed E-state index contributed by atoms with van der Waals surface area (Å²) in [5.74, 6) is -4.42. The molecule has 0 radical (unpaired) electrons. The predicted molar refractivity (Wildman–Crippen MR) is 120 cm³/mol. The maximum absolute atomic E-state index is 15.7. The second kappa shape index (κ2) is 7.85. The Hall–Kier alpha value is -1.80. The number of hydrogen-bond donors (Lipinski definition) is 2. The number of fused-ring (bicyclic) bond motifs is 5. The van der Waals surface area contributed by atoms with E-state index in [9.17, 15) is 29.4 Å². The van der Waals surface area contributed by atoms with Gasteiger partial charge in [-0.25, -0.2) is 4.39 Å². The average Bonchev–Trinajstić information content (AvgIpc) is 3.01. The number of aliphatic hydroxyl groups excluding tert-OH is 1. The smallest absolute Gasteiger partial charge is 0.312 e. The molecule has 0 aromatic carbocycles. The Balaban J connectivity index is 1.85. The van der Waals surface area contributed by atoms with Gasteiger partial charge in [0.15, 0.2) is 0 Å². The van der Waals surface area contributed by atoms with Crippen LogP contribution in [0.5, 0.6) is 0 Å². The second-order valence-electron chi connectivity index (χ2n) is 11.1. The highest BCUT2D eigenvalue weighted by Crippen LogP contribution is 2.74. The third kappa shape index (κ3) is 2.84. The van der Waals surface area contributed by atoms with Crippen molar-refractivity contribution in [1.29, 1.82) is 0 Å². The largest absolute Gasteiger partial charge is 0.481 e.